The Hall–Kier alpha value is -3.31. The van der Waals surface area contributed by atoms with Gasteiger partial charge in [0.15, 0.2) is 0 Å². The summed E-state index contributed by atoms with van der Waals surface area (Å²) in [6.45, 7) is 4.36. The Bertz CT molecular complexity index is 1070. The average Bonchev–Trinajstić information content (AvgIpc) is 2.76. The molecule has 0 aromatic heterocycles. The van der Waals surface area contributed by atoms with Crippen LogP contribution in [0.5, 0.6) is 5.75 Å². The van der Waals surface area contributed by atoms with E-state index < -0.39 is 0 Å². The molecule has 0 saturated carbocycles. The Morgan fingerprint density at radius 3 is 2.45 bits per heavy atom. The summed E-state index contributed by atoms with van der Waals surface area (Å²) >= 11 is 6.32. The Labute approximate surface area is 187 Å². The first-order chi connectivity index (χ1) is 15.0. The molecule has 3 rings (SSSR count). The second-order valence-electron chi connectivity index (χ2n) is 7.00. The second kappa shape index (κ2) is 10.6. The van der Waals surface area contributed by atoms with Gasteiger partial charge in [0.1, 0.15) is 12.4 Å². The Morgan fingerprint density at radius 2 is 1.74 bits per heavy atom. The predicted octanol–water partition coefficient (Wildman–Crippen LogP) is 5.59. The van der Waals surface area contributed by atoms with Crippen molar-refractivity contribution >= 4 is 29.2 Å². The first-order valence-electron chi connectivity index (χ1n) is 9.99. The monoisotopic (exact) mass is 437 g/mol. The summed E-state index contributed by atoms with van der Waals surface area (Å²) in [5.74, 6) is -0.00326. The number of nitrogens with one attached hydrogen (secondary N) is 1. The maximum atomic E-state index is 12.9. The SMILES string of the molecule is CCOC(=O)Cc1ccc(NC(=O)c2cc(OCc3ccccc3)ccc2C)c(Cl)c1. The van der Waals surface area contributed by atoms with E-state index in [1.165, 1.54) is 0 Å². The van der Waals surface area contributed by atoms with Gasteiger partial charge in [-0.1, -0.05) is 54.1 Å². The van der Waals surface area contributed by atoms with Gasteiger partial charge in [0.25, 0.3) is 5.91 Å². The van der Waals surface area contributed by atoms with Gasteiger partial charge in [-0.15, -0.1) is 0 Å². The highest BCUT2D eigenvalue weighted by Gasteiger charge is 2.14. The fraction of sp³-hybridized carbons (Fsp3) is 0.200. The molecule has 5 nitrogen and oxygen atoms in total. The van der Waals surface area contributed by atoms with Crippen LogP contribution in [0.1, 0.15) is 34.0 Å². The molecule has 0 fully saturated rings. The van der Waals surface area contributed by atoms with Crippen molar-refractivity contribution in [3.63, 3.8) is 0 Å². The molecule has 31 heavy (non-hydrogen) atoms. The minimum absolute atomic E-state index is 0.127. The molecule has 0 saturated heterocycles. The zero-order valence-electron chi connectivity index (χ0n) is 17.5. The van der Waals surface area contributed by atoms with Crippen molar-refractivity contribution in [2.24, 2.45) is 0 Å². The van der Waals surface area contributed by atoms with Crippen LogP contribution in [-0.4, -0.2) is 18.5 Å². The zero-order chi connectivity index (χ0) is 22.2. The van der Waals surface area contributed by atoms with Gasteiger partial charge in [-0.25, -0.2) is 0 Å². The van der Waals surface area contributed by atoms with Gasteiger partial charge in [0.2, 0.25) is 0 Å². The summed E-state index contributed by atoms with van der Waals surface area (Å²) in [6.07, 6.45) is 0.127. The molecule has 3 aromatic rings. The van der Waals surface area contributed by atoms with Crippen molar-refractivity contribution in [2.75, 3.05) is 11.9 Å². The molecule has 0 bridgehead atoms. The lowest BCUT2D eigenvalue weighted by Gasteiger charge is -2.12. The summed E-state index contributed by atoms with van der Waals surface area (Å²) in [7, 11) is 0. The van der Waals surface area contributed by atoms with E-state index >= 15 is 0 Å². The summed E-state index contributed by atoms with van der Waals surface area (Å²) < 4.78 is 10.8. The molecule has 0 spiro atoms. The predicted molar refractivity (Wildman–Crippen MR) is 122 cm³/mol. The third kappa shape index (κ3) is 6.33. The van der Waals surface area contributed by atoms with Crippen LogP contribution in [0.4, 0.5) is 5.69 Å². The van der Waals surface area contributed by atoms with Gasteiger partial charge in [0.05, 0.1) is 23.7 Å². The number of carbonyl (C=O) groups is 2. The number of amides is 1. The first kappa shape index (κ1) is 22.4. The van der Waals surface area contributed by atoms with E-state index in [4.69, 9.17) is 21.1 Å². The molecular weight excluding hydrogens is 414 g/mol. The number of anilines is 1. The van der Waals surface area contributed by atoms with Crippen LogP contribution in [0.15, 0.2) is 66.7 Å². The number of aryl methyl sites for hydroxylation is 1. The quantitative estimate of drug-likeness (QED) is 0.467. The van der Waals surface area contributed by atoms with Gasteiger partial charge < -0.3 is 14.8 Å². The number of halogens is 1. The summed E-state index contributed by atoms with van der Waals surface area (Å²) in [5, 5.41) is 3.18. The van der Waals surface area contributed by atoms with E-state index in [0.29, 0.717) is 40.8 Å². The molecular formula is C25H24ClNO4. The topological polar surface area (TPSA) is 64.6 Å². The van der Waals surface area contributed by atoms with Gasteiger partial charge >= 0.3 is 5.97 Å². The van der Waals surface area contributed by atoms with Crippen LogP contribution in [0.3, 0.4) is 0 Å². The molecule has 6 heteroatoms. The highest BCUT2D eigenvalue weighted by atomic mass is 35.5. The molecule has 0 heterocycles. The first-order valence-corrected chi connectivity index (χ1v) is 10.4. The molecule has 0 aliphatic carbocycles. The number of carbonyl (C=O) groups excluding carboxylic acids is 2. The number of hydrogen-bond acceptors (Lipinski definition) is 4. The number of ether oxygens (including phenoxy) is 2. The average molecular weight is 438 g/mol. The van der Waals surface area contributed by atoms with E-state index in [9.17, 15) is 9.59 Å². The summed E-state index contributed by atoms with van der Waals surface area (Å²) in [5.41, 5.74) is 3.55. The molecule has 0 aliphatic rings. The maximum absolute atomic E-state index is 12.9. The molecule has 1 N–H and O–H groups in total. The number of esters is 1. The summed E-state index contributed by atoms with van der Waals surface area (Å²) in [4.78, 5) is 24.5. The van der Waals surface area contributed by atoms with Crippen LogP contribution < -0.4 is 10.1 Å². The lowest BCUT2D eigenvalue weighted by Crippen LogP contribution is -2.14. The van der Waals surface area contributed by atoms with E-state index in [2.05, 4.69) is 5.32 Å². The Kier molecular flexibility index (Phi) is 7.68. The van der Waals surface area contributed by atoms with Crippen molar-refractivity contribution in [2.45, 2.75) is 26.9 Å². The molecule has 0 atom stereocenters. The molecule has 1 amide bonds. The highest BCUT2D eigenvalue weighted by Crippen LogP contribution is 2.26. The highest BCUT2D eigenvalue weighted by molar-refractivity contribution is 6.34. The number of benzene rings is 3. The standard InChI is InChI=1S/C25H24ClNO4/c1-3-30-24(28)14-19-10-12-23(22(26)13-19)27-25(29)21-15-20(11-9-17(21)2)31-16-18-7-5-4-6-8-18/h4-13,15H,3,14,16H2,1-2H3,(H,27,29). The molecule has 3 aromatic carbocycles. The van der Waals surface area contributed by atoms with Crippen molar-refractivity contribution in [3.05, 3.63) is 94.0 Å². The maximum Gasteiger partial charge on any atom is 0.310 e. The molecule has 160 valence electrons. The van der Waals surface area contributed by atoms with Crippen LogP contribution in [0.2, 0.25) is 5.02 Å². The third-order valence-corrected chi connectivity index (χ3v) is 4.95. The van der Waals surface area contributed by atoms with Crippen LogP contribution >= 0.6 is 11.6 Å². The minimum atomic E-state index is -0.321. The van der Waals surface area contributed by atoms with Gasteiger partial charge in [-0.2, -0.15) is 0 Å². The fourth-order valence-corrected chi connectivity index (χ4v) is 3.27. The lowest BCUT2D eigenvalue weighted by atomic mass is 10.1. The van der Waals surface area contributed by atoms with Crippen molar-refractivity contribution < 1.29 is 19.1 Å². The van der Waals surface area contributed by atoms with Crippen LogP contribution in [0, 0.1) is 6.92 Å². The largest absolute Gasteiger partial charge is 0.489 e. The van der Waals surface area contributed by atoms with Gasteiger partial charge in [-0.3, -0.25) is 9.59 Å². The lowest BCUT2D eigenvalue weighted by molar-refractivity contribution is -0.142. The third-order valence-electron chi connectivity index (χ3n) is 4.64. The van der Waals surface area contributed by atoms with Crippen LogP contribution in [0.25, 0.3) is 0 Å². The summed E-state index contributed by atoms with van der Waals surface area (Å²) in [6, 6.07) is 20.3. The molecule has 0 unspecified atom stereocenters. The normalized spacial score (nSPS) is 10.4. The number of hydrogen-bond donors (Lipinski definition) is 1. The fourth-order valence-electron chi connectivity index (χ4n) is 3.01. The van der Waals surface area contributed by atoms with Gasteiger partial charge in [-0.05, 0) is 54.8 Å². The van der Waals surface area contributed by atoms with E-state index in [-0.39, 0.29) is 18.3 Å². The van der Waals surface area contributed by atoms with E-state index in [0.717, 1.165) is 11.1 Å². The van der Waals surface area contributed by atoms with Crippen LogP contribution in [-0.2, 0) is 22.6 Å². The Balaban J connectivity index is 1.69. The molecule has 0 aliphatic heterocycles. The smallest absolute Gasteiger partial charge is 0.310 e. The van der Waals surface area contributed by atoms with Gasteiger partial charge in [0, 0.05) is 5.56 Å². The minimum Gasteiger partial charge on any atom is -0.489 e. The molecule has 0 radical (unpaired) electrons. The second-order valence-corrected chi connectivity index (χ2v) is 7.41. The number of rotatable bonds is 8. The Morgan fingerprint density at radius 1 is 0.968 bits per heavy atom. The van der Waals surface area contributed by atoms with E-state index in [1.54, 1.807) is 31.2 Å². The van der Waals surface area contributed by atoms with Crippen molar-refractivity contribution in [1.29, 1.82) is 0 Å². The zero-order valence-corrected chi connectivity index (χ0v) is 18.2. The van der Waals surface area contributed by atoms with Crippen molar-refractivity contribution in [1.82, 2.24) is 0 Å². The van der Waals surface area contributed by atoms with Crippen molar-refractivity contribution in [3.8, 4) is 5.75 Å². The van der Waals surface area contributed by atoms with E-state index in [1.807, 2.05) is 49.4 Å².